The van der Waals surface area contributed by atoms with E-state index in [1.165, 1.54) is 0 Å². The quantitative estimate of drug-likeness (QED) is 0.661. The van der Waals surface area contributed by atoms with Crippen LogP contribution >= 0.6 is 10.8 Å². The van der Waals surface area contributed by atoms with Crippen LogP contribution in [0.3, 0.4) is 0 Å². The molecule has 0 aromatic heterocycles. The molecule has 0 bridgehead atoms. The summed E-state index contributed by atoms with van der Waals surface area (Å²) in [5.41, 5.74) is 2.56. The molecule has 2 aliphatic heterocycles. The normalized spacial score (nSPS) is 27.1. The minimum absolute atomic E-state index is 0.0931. The highest BCUT2D eigenvalue weighted by atomic mass is 32.3. The molecule has 5 nitrogen and oxygen atoms in total. The van der Waals surface area contributed by atoms with Gasteiger partial charge in [-0.3, -0.25) is 9.11 Å². The van der Waals surface area contributed by atoms with Crippen LogP contribution in [0.2, 0.25) is 0 Å². The monoisotopic (exact) mass is 426 g/mol. The van der Waals surface area contributed by atoms with Crippen molar-refractivity contribution in [2.75, 3.05) is 13.2 Å². The molecule has 2 N–H and O–H groups in total. The van der Waals surface area contributed by atoms with Crippen molar-refractivity contribution in [1.29, 1.82) is 5.26 Å². The molecule has 160 valence electrons. The van der Waals surface area contributed by atoms with Gasteiger partial charge in [-0.25, -0.2) is 0 Å². The molecule has 30 heavy (non-hydrogen) atoms. The zero-order chi connectivity index (χ0) is 21.2. The van der Waals surface area contributed by atoms with E-state index >= 15 is 0 Å². The Hall–Kier alpha value is -1.88. The number of hydrogen-bond acceptors (Lipinski definition) is 5. The first-order chi connectivity index (χ1) is 14.5. The summed E-state index contributed by atoms with van der Waals surface area (Å²) in [6, 6.07) is 20.5. The maximum absolute atomic E-state index is 11.2. The van der Waals surface area contributed by atoms with Crippen LogP contribution in [-0.2, 0) is 16.7 Å². The number of ether oxygens (including phenoxy) is 1. The molecule has 0 aliphatic carbocycles. The lowest BCUT2D eigenvalue weighted by Crippen LogP contribution is -2.41. The van der Waals surface area contributed by atoms with Gasteiger partial charge in [0, 0.05) is 25.8 Å². The van der Waals surface area contributed by atoms with Crippen LogP contribution in [0.1, 0.15) is 54.5 Å². The maximum atomic E-state index is 11.2. The Kier molecular flexibility index (Phi) is 6.19. The van der Waals surface area contributed by atoms with E-state index in [9.17, 15) is 14.4 Å². The summed E-state index contributed by atoms with van der Waals surface area (Å²) in [6.07, 6.45) is 3.12. The van der Waals surface area contributed by atoms with E-state index in [1.54, 1.807) is 0 Å². The molecule has 2 fully saturated rings. The number of benzene rings is 2. The Morgan fingerprint density at radius 1 is 1.07 bits per heavy atom. The third-order valence-corrected chi connectivity index (χ3v) is 9.09. The highest BCUT2D eigenvalue weighted by Gasteiger charge is 2.40. The molecule has 0 amide bonds. The van der Waals surface area contributed by atoms with Crippen molar-refractivity contribution in [2.45, 2.75) is 55.9 Å². The minimum Gasteiger partial charge on any atom is -0.381 e. The van der Waals surface area contributed by atoms with Gasteiger partial charge >= 0.3 is 0 Å². The number of nitriles is 1. The van der Waals surface area contributed by atoms with E-state index in [0.717, 1.165) is 29.5 Å². The van der Waals surface area contributed by atoms with Gasteiger partial charge in [0.1, 0.15) is 0 Å². The molecular formula is C24H30N2O3S. The van der Waals surface area contributed by atoms with Crippen LogP contribution < -0.4 is 0 Å². The standard InChI is InChI=1S/C24H30N2O3S/c1-19-7-12-23(21-5-3-2-4-6-21)30(27,28)26(19)17-20-8-10-22(11-9-20)24(18-25)13-15-29-16-14-24/h2-6,8-11,19,23,27-28H,7,12-17H2,1H3/t19-,23+/m0/s1. The van der Waals surface area contributed by atoms with E-state index in [2.05, 4.69) is 13.0 Å². The molecule has 2 aliphatic rings. The Balaban J connectivity index is 1.54. The third kappa shape index (κ3) is 4.01. The fourth-order valence-electron chi connectivity index (χ4n) is 4.68. The van der Waals surface area contributed by atoms with Crippen LogP contribution in [-0.4, -0.2) is 32.7 Å². The summed E-state index contributed by atoms with van der Waals surface area (Å²) >= 11 is 0. The van der Waals surface area contributed by atoms with Gasteiger partial charge in [-0.1, -0.05) is 54.6 Å². The van der Waals surface area contributed by atoms with Crippen molar-refractivity contribution in [3.05, 3.63) is 71.3 Å². The lowest BCUT2D eigenvalue weighted by Gasteiger charge is -2.54. The van der Waals surface area contributed by atoms with Gasteiger partial charge in [-0.05, 0) is 49.3 Å². The second kappa shape index (κ2) is 8.70. The van der Waals surface area contributed by atoms with E-state index < -0.39 is 16.2 Å². The van der Waals surface area contributed by atoms with E-state index in [4.69, 9.17) is 4.74 Å². The molecule has 2 aromatic rings. The van der Waals surface area contributed by atoms with Gasteiger partial charge in [-0.15, -0.1) is 10.8 Å². The Labute approximate surface area is 180 Å². The van der Waals surface area contributed by atoms with E-state index in [1.807, 2.05) is 58.9 Å². The van der Waals surface area contributed by atoms with Gasteiger partial charge in [0.15, 0.2) is 0 Å². The molecule has 2 saturated heterocycles. The zero-order valence-corrected chi connectivity index (χ0v) is 18.2. The average molecular weight is 427 g/mol. The van der Waals surface area contributed by atoms with Crippen LogP contribution in [0.5, 0.6) is 0 Å². The number of nitrogens with zero attached hydrogens (tertiary/aromatic N) is 2. The molecular weight excluding hydrogens is 396 g/mol. The predicted octanol–water partition coefficient (Wildman–Crippen LogP) is 5.65. The molecule has 0 spiro atoms. The number of hydrogen-bond donors (Lipinski definition) is 2. The predicted molar refractivity (Wildman–Crippen MR) is 120 cm³/mol. The summed E-state index contributed by atoms with van der Waals surface area (Å²) in [4.78, 5) is 0. The first-order valence-corrected chi connectivity index (χ1v) is 12.2. The minimum atomic E-state index is -2.95. The lowest BCUT2D eigenvalue weighted by molar-refractivity contribution is 0.0675. The number of rotatable bonds is 4. The molecule has 0 unspecified atom stereocenters. The first-order valence-electron chi connectivity index (χ1n) is 10.6. The summed E-state index contributed by atoms with van der Waals surface area (Å²) in [7, 11) is -2.95. The van der Waals surface area contributed by atoms with Crippen LogP contribution in [0.15, 0.2) is 54.6 Å². The molecule has 4 rings (SSSR count). The van der Waals surface area contributed by atoms with Crippen LogP contribution in [0, 0.1) is 11.3 Å². The highest BCUT2D eigenvalue weighted by Crippen LogP contribution is 2.62. The zero-order valence-electron chi connectivity index (χ0n) is 17.4. The van der Waals surface area contributed by atoms with Crippen molar-refractivity contribution >= 4 is 10.8 Å². The molecule has 2 atom stereocenters. The fraction of sp³-hybridized carbons (Fsp3) is 0.458. The molecule has 0 radical (unpaired) electrons. The van der Waals surface area contributed by atoms with Gasteiger partial charge in [-0.2, -0.15) is 9.57 Å². The highest BCUT2D eigenvalue weighted by molar-refractivity contribution is 8.22. The lowest BCUT2D eigenvalue weighted by atomic mass is 9.75. The maximum Gasteiger partial charge on any atom is 0.0890 e. The second-order valence-corrected chi connectivity index (χ2v) is 10.6. The largest absolute Gasteiger partial charge is 0.381 e. The van der Waals surface area contributed by atoms with Crippen molar-refractivity contribution in [3.8, 4) is 6.07 Å². The fourth-order valence-corrected chi connectivity index (χ4v) is 6.96. The summed E-state index contributed by atoms with van der Waals surface area (Å²) in [6.45, 7) is 3.77. The molecule has 2 aromatic carbocycles. The smallest absolute Gasteiger partial charge is 0.0890 e. The Bertz CT molecular complexity index is 889. The summed E-state index contributed by atoms with van der Waals surface area (Å²) < 4.78 is 29.8. The molecule has 2 heterocycles. The first kappa shape index (κ1) is 21.4. The molecule has 6 heteroatoms. The van der Waals surface area contributed by atoms with Gasteiger partial charge in [0.25, 0.3) is 0 Å². The van der Waals surface area contributed by atoms with Gasteiger partial charge in [0.2, 0.25) is 0 Å². The van der Waals surface area contributed by atoms with Crippen molar-refractivity contribution in [2.24, 2.45) is 0 Å². The van der Waals surface area contributed by atoms with Crippen LogP contribution in [0.25, 0.3) is 0 Å². The summed E-state index contributed by atoms with van der Waals surface area (Å²) in [5.74, 6) is 0. The van der Waals surface area contributed by atoms with Crippen molar-refractivity contribution in [3.63, 3.8) is 0 Å². The van der Waals surface area contributed by atoms with Gasteiger partial charge < -0.3 is 4.74 Å². The van der Waals surface area contributed by atoms with Gasteiger partial charge in [0.05, 0.1) is 16.7 Å². The average Bonchev–Trinajstić information content (AvgIpc) is 2.78. The SMILES string of the molecule is C[C@H]1CC[C@H](c2ccccc2)S(O)(O)N1Cc1ccc(C2(C#N)CCOCC2)cc1. The third-order valence-electron chi connectivity index (χ3n) is 6.64. The Morgan fingerprint density at radius 3 is 2.37 bits per heavy atom. The topological polar surface area (TPSA) is 76.7 Å². The summed E-state index contributed by atoms with van der Waals surface area (Å²) in [5, 5.41) is 9.52. The van der Waals surface area contributed by atoms with Crippen molar-refractivity contribution in [1.82, 2.24) is 4.31 Å². The second-order valence-electron chi connectivity index (χ2n) is 8.47. The molecule has 0 saturated carbocycles. The van der Waals surface area contributed by atoms with Crippen LogP contribution in [0.4, 0.5) is 0 Å². The van der Waals surface area contributed by atoms with Crippen molar-refractivity contribution < 1.29 is 13.8 Å². The van der Waals surface area contributed by atoms with E-state index in [-0.39, 0.29) is 11.3 Å². The Morgan fingerprint density at radius 2 is 1.73 bits per heavy atom. The van der Waals surface area contributed by atoms with E-state index in [0.29, 0.717) is 32.6 Å².